The van der Waals surface area contributed by atoms with Gasteiger partial charge in [0.05, 0.1) is 23.0 Å². The Morgan fingerprint density at radius 3 is 2.45 bits per heavy atom. The molecule has 40 heavy (non-hydrogen) atoms. The molecule has 0 radical (unpaired) electrons. The number of carbonyl (C=O) groups is 1. The fourth-order valence-corrected chi connectivity index (χ4v) is 4.85. The predicted octanol–water partition coefficient (Wildman–Crippen LogP) is 8.05. The molecular formula is C34H24ClN3O2. The minimum Gasteiger partial charge on any atom is -0.488 e. The first kappa shape index (κ1) is 25.3. The lowest BCUT2D eigenvalue weighted by Crippen LogP contribution is -2.18. The first-order valence-electron chi connectivity index (χ1n) is 12.8. The molecule has 0 fully saturated rings. The highest BCUT2D eigenvalue weighted by Crippen LogP contribution is 2.26. The van der Waals surface area contributed by atoms with Gasteiger partial charge in [-0.3, -0.25) is 4.79 Å². The van der Waals surface area contributed by atoms with Gasteiger partial charge in [-0.05, 0) is 46.7 Å². The SMILES string of the molecule is O=C(N/N=C\c1cc(Cl)ccc1OCc1cccc2ccccc12)c1cc(-c2ccccc2)nc2ccccc12. The van der Waals surface area contributed by atoms with Crippen molar-refractivity contribution in [2.45, 2.75) is 6.61 Å². The molecule has 0 atom stereocenters. The van der Waals surface area contributed by atoms with Crippen molar-refractivity contribution < 1.29 is 9.53 Å². The number of nitrogens with zero attached hydrogens (tertiary/aromatic N) is 2. The maximum absolute atomic E-state index is 13.3. The summed E-state index contributed by atoms with van der Waals surface area (Å²) in [7, 11) is 0. The molecule has 0 aliphatic carbocycles. The molecule has 5 nitrogen and oxygen atoms in total. The number of ether oxygens (including phenoxy) is 1. The van der Waals surface area contributed by atoms with Gasteiger partial charge in [0.25, 0.3) is 5.91 Å². The van der Waals surface area contributed by atoms with Gasteiger partial charge in [-0.2, -0.15) is 5.10 Å². The molecule has 1 heterocycles. The summed E-state index contributed by atoms with van der Waals surface area (Å²) in [5.41, 5.74) is 7.25. The Morgan fingerprint density at radius 1 is 0.825 bits per heavy atom. The predicted molar refractivity (Wildman–Crippen MR) is 162 cm³/mol. The molecule has 194 valence electrons. The summed E-state index contributed by atoms with van der Waals surface area (Å²) in [4.78, 5) is 18.1. The van der Waals surface area contributed by atoms with Crippen LogP contribution in [0, 0.1) is 0 Å². The molecule has 0 bridgehead atoms. The summed E-state index contributed by atoms with van der Waals surface area (Å²) in [5.74, 6) is 0.267. The lowest BCUT2D eigenvalue weighted by molar-refractivity contribution is 0.0956. The van der Waals surface area contributed by atoms with Crippen molar-refractivity contribution in [1.82, 2.24) is 10.4 Å². The molecule has 6 heteroatoms. The van der Waals surface area contributed by atoms with E-state index in [4.69, 9.17) is 21.3 Å². The smallest absolute Gasteiger partial charge is 0.272 e. The third-order valence-corrected chi connectivity index (χ3v) is 6.87. The molecule has 0 aliphatic rings. The van der Waals surface area contributed by atoms with Gasteiger partial charge in [-0.1, -0.05) is 103 Å². The molecule has 0 unspecified atom stereocenters. The lowest BCUT2D eigenvalue weighted by atomic mass is 10.0. The van der Waals surface area contributed by atoms with Crippen molar-refractivity contribution in [2.75, 3.05) is 0 Å². The van der Waals surface area contributed by atoms with Crippen molar-refractivity contribution >= 4 is 45.4 Å². The molecule has 1 amide bonds. The van der Waals surface area contributed by atoms with E-state index in [1.54, 1.807) is 30.5 Å². The van der Waals surface area contributed by atoms with Crippen LogP contribution >= 0.6 is 11.6 Å². The van der Waals surface area contributed by atoms with E-state index in [1.165, 1.54) is 0 Å². The molecule has 6 aromatic rings. The highest BCUT2D eigenvalue weighted by molar-refractivity contribution is 6.31. The van der Waals surface area contributed by atoms with Crippen LogP contribution in [0.3, 0.4) is 0 Å². The summed E-state index contributed by atoms with van der Waals surface area (Å²) < 4.78 is 6.18. The van der Waals surface area contributed by atoms with Crippen LogP contribution in [0.2, 0.25) is 5.02 Å². The number of para-hydroxylation sites is 1. The van der Waals surface area contributed by atoms with E-state index in [1.807, 2.05) is 72.8 Å². The summed E-state index contributed by atoms with van der Waals surface area (Å²) in [6, 6.07) is 38.8. The van der Waals surface area contributed by atoms with Gasteiger partial charge in [-0.25, -0.2) is 10.4 Å². The van der Waals surface area contributed by atoms with Crippen LogP contribution in [0.4, 0.5) is 0 Å². The number of hydrazone groups is 1. The van der Waals surface area contributed by atoms with E-state index in [-0.39, 0.29) is 5.91 Å². The maximum Gasteiger partial charge on any atom is 0.272 e. The summed E-state index contributed by atoms with van der Waals surface area (Å²) in [5, 5.41) is 7.83. The first-order chi connectivity index (χ1) is 19.7. The third kappa shape index (κ3) is 5.41. The molecular weight excluding hydrogens is 518 g/mol. The normalized spacial score (nSPS) is 11.2. The summed E-state index contributed by atoms with van der Waals surface area (Å²) in [6.45, 7) is 0.376. The monoisotopic (exact) mass is 541 g/mol. The Bertz CT molecular complexity index is 1860. The van der Waals surface area contributed by atoms with Crippen LogP contribution in [0.25, 0.3) is 32.9 Å². The van der Waals surface area contributed by atoms with Crippen molar-refractivity contribution in [1.29, 1.82) is 0 Å². The Kier molecular flexibility index (Phi) is 7.20. The van der Waals surface area contributed by atoms with Crippen LogP contribution in [-0.4, -0.2) is 17.1 Å². The van der Waals surface area contributed by atoms with Crippen molar-refractivity contribution in [3.8, 4) is 17.0 Å². The van der Waals surface area contributed by atoms with E-state index in [0.29, 0.717) is 34.2 Å². The van der Waals surface area contributed by atoms with Crippen LogP contribution in [-0.2, 0) is 6.61 Å². The topological polar surface area (TPSA) is 63.6 Å². The minimum atomic E-state index is -0.340. The number of rotatable bonds is 7. The molecule has 6 rings (SSSR count). The van der Waals surface area contributed by atoms with Gasteiger partial charge < -0.3 is 4.74 Å². The number of aromatic nitrogens is 1. The number of hydrogen-bond donors (Lipinski definition) is 1. The second-order valence-corrected chi connectivity index (χ2v) is 9.68. The number of amides is 1. The van der Waals surface area contributed by atoms with Crippen molar-refractivity contribution in [3.05, 3.63) is 143 Å². The number of benzene rings is 5. The van der Waals surface area contributed by atoms with Gasteiger partial charge in [0.1, 0.15) is 12.4 Å². The zero-order chi connectivity index (χ0) is 27.3. The standard InChI is InChI=1S/C34H24ClN3O2/c35-27-17-18-33(40-22-25-13-8-12-23-9-4-5-14-28(23)25)26(19-27)21-36-38-34(39)30-20-32(24-10-2-1-3-11-24)37-31-16-7-6-15-29(30)31/h1-21H,22H2,(H,38,39)/b36-21-. The lowest BCUT2D eigenvalue weighted by Gasteiger charge is -2.12. The fraction of sp³-hybridized carbons (Fsp3) is 0.0294. The number of carbonyl (C=O) groups excluding carboxylic acids is 1. The van der Waals surface area contributed by atoms with Gasteiger partial charge >= 0.3 is 0 Å². The molecule has 5 aromatic carbocycles. The molecule has 0 saturated heterocycles. The quantitative estimate of drug-likeness (QED) is 0.164. The van der Waals surface area contributed by atoms with Crippen LogP contribution < -0.4 is 10.2 Å². The molecule has 0 aliphatic heterocycles. The Balaban J connectivity index is 1.24. The second-order valence-electron chi connectivity index (χ2n) is 9.25. The van der Waals surface area contributed by atoms with Gasteiger partial charge in [0.2, 0.25) is 0 Å². The number of fused-ring (bicyclic) bond motifs is 2. The van der Waals surface area contributed by atoms with Gasteiger partial charge in [0.15, 0.2) is 0 Å². The summed E-state index contributed by atoms with van der Waals surface area (Å²) in [6.07, 6.45) is 1.55. The molecule has 0 saturated carbocycles. The molecule has 0 spiro atoms. The van der Waals surface area contributed by atoms with E-state index in [2.05, 4.69) is 34.8 Å². The van der Waals surface area contributed by atoms with E-state index < -0.39 is 0 Å². The highest BCUT2D eigenvalue weighted by Gasteiger charge is 2.14. The van der Waals surface area contributed by atoms with Gasteiger partial charge in [0, 0.05) is 21.5 Å². The highest BCUT2D eigenvalue weighted by atomic mass is 35.5. The maximum atomic E-state index is 13.3. The van der Waals surface area contributed by atoms with E-state index >= 15 is 0 Å². The average molecular weight is 542 g/mol. The van der Waals surface area contributed by atoms with E-state index in [9.17, 15) is 4.79 Å². The number of halogens is 1. The second kappa shape index (κ2) is 11.4. The Hall–Kier alpha value is -5.00. The Labute approximate surface area is 236 Å². The Morgan fingerprint density at radius 2 is 1.57 bits per heavy atom. The zero-order valence-electron chi connectivity index (χ0n) is 21.4. The number of nitrogens with one attached hydrogen (secondary N) is 1. The zero-order valence-corrected chi connectivity index (χ0v) is 22.2. The van der Waals surface area contributed by atoms with Crippen LogP contribution in [0.5, 0.6) is 5.75 Å². The largest absolute Gasteiger partial charge is 0.488 e. The molecule has 1 N–H and O–H groups in total. The van der Waals surface area contributed by atoms with Gasteiger partial charge in [-0.15, -0.1) is 0 Å². The van der Waals surface area contributed by atoms with Crippen molar-refractivity contribution in [3.63, 3.8) is 0 Å². The third-order valence-electron chi connectivity index (χ3n) is 6.64. The number of hydrogen-bond acceptors (Lipinski definition) is 4. The minimum absolute atomic E-state index is 0.340. The number of pyridine rings is 1. The first-order valence-corrected chi connectivity index (χ1v) is 13.2. The van der Waals surface area contributed by atoms with Crippen molar-refractivity contribution in [2.24, 2.45) is 5.10 Å². The molecule has 1 aromatic heterocycles. The fourth-order valence-electron chi connectivity index (χ4n) is 4.67. The average Bonchev–Trinajstić information content (AvgIpc) is 3.00. The van der Waals surface area contributed by atoms with E-state index in [0.717, 1.165) is 32.8 Å². The summed E-state index contributed by atoms with van der Waals surface area (Å²) >= 11 is 6.28. The van der Waals surface area contributed by atoms with Crippen LogP contribution in [0.1, 0.15) is 21.5 Å². The van der Waals surface area contributed by atoms with Crippen LogP contribution in [0.15, 0.2) is 126 Å².